The first kappa shape index (κ1) is 40.0. The van der Waals surface area contributed by atoms with Crippen LogP contribution in [0.5, 0.6) is 11.5 Å². The molecule has 6 heterocycles. The zero-order chi connectivity index (χ0) is 44.4. The number of ether oxygens (including phenoxy) is 1. The maximum Gasteiger partial charge on any atom is 0.147 e. The highest BCUT2D eigenvalue weighted by atomic mass is 16.5. The summed E-state index contributed by atoms with van der Waals surface area (Å²) in [5.41, 5.74) is 14.7. The molecular formula is C58H55N5O. The van der Waals surface area contributed by atoms with E-state index in [2.05, 4.69) is 193 Å². The van der Waals surface area contributed by atoms with Crippen molar-refractivity contribution in [3.05, 3.63) is 162 Å². The minimum Gasteiger partial charge on any atom is -0.457 e. The van der Waals surface area contributed by atoms with E-state index in [4.69, 9.17) is 19.7 Å². The van der Waals surface area contributed by atoms with Gasteiger partial charge in [-0.2, -0.15) is 0 Å². The molecule has 1 aliphatic rings. The van der Waals surface area contributed by atoms with Crippen molar-refractivity contribution in [1.29, 1.82) is 0 Å². The fraction of sp³-hybridized carbons (Fsp3) is 0.259. The van der Waals surface area contributed by atoms with E-state index in [0.29, 0.717) is 17.8 Å². The van der Waals surface area contributed by atoms with Gasteiger partial charge in [-0.1, -0.05) is 136 Å². The summed E-state index contributed by atoms with van der Waals surface area (Å²) in [4.78, 5) is 16.0. The largest absolute Gasteiger partial charge is 0.457 e. The Balaban J connectivity index is 1.09. The monoisotopic (exact) mass is 837 g/mol. The lowest BCUT2D eigenvalue weighted by Crippen LogP contribution is -2.44. The minimum absolute atomic E-state index is 0.143. The van der Waals surface area contributed by atoms with Gasteiger partial charge in [-0.25, -0.2) is 15.0 Å². The average Bonchev–Trinajstić information content (AvgIpc) is 3.86. The average molecular weight is 838 g/mol. The number of pyridine rings is 3. The molecule has 5 aromatic carbocycles. The summed E-state index contributed by atoms with van der Waals surface area (Å²) in [7, 11) is 0. The van der Waals surface area contributed by atoms with E-state index in [1.165, 1.54) is 44.4 Å². The molecular weight excluding hydrogens is 783 g/mol. The Morgan fingerprint density at radius 1 is 0.547 bits per heavy atom. The highest BCUT2D eigenvalue weighted by Gasteiger charge is 2.48. The van der Waals surface area contributed by atoms with Crippen molar-refractivity contribution in [2.75, 3.05) is 0 Å². The lowest BCUT2D eigenvalue weighted by molar-refractivity contribution is 0.289. The predicted octanol–water partition coefficient (Wildman–Crippen LogP) is 15.6. The zero-order valence-electron chi connectivity index (χ0n) is 38.6. The maximum atomic E-state index is 6.89. The molecule has 0 spiro atoms. The standard InChI is InChI=1S/C58H55N5O/c1-33(2)37-29-44(34(3)4)51(45(30-37)35(5)6)48-27-26-43-41-25-23-39(32-49(41)62(55(43)60-48)50-21-14-15-28-59-50)64-38-22-24-40-42-19-16-20-47-53(42)63-54(58(9,10)57(47,7)8)52(36-17-12-11-13-18-36)61-56(63)46(40)31-38/h11-35H,1-10H3. The van der Waals surface area contributed by atoms with Gasteiger partial charge in [0.05, 0.1) is 28.1 Å². The molecule has 0 fully saturated rings. The van der Waals surface area contributed by atoms with Gasteiger partial charge in [-0.05, 0) is 100.0 Å². The van der Waals surface area contributed by atoms with Gasteiger partial charge < -0.3 is 4.74 Å². The number of benzene rings is 5. The maximum absolute atomic E-state index is 6.89. The minimum atomic E-state index is -0.219. The third kappa shape index (κ3) is 5.80. The van der Waals surface area contributed by atoms with Crippen LogP contribution in [-0.4, -0.2) is 23.9 Å². The third-order valence-corrected chi connectivity index (χ3v) is 14.6. The molecule has 0 bridgehead atoms. The Bertz CT molecular complexity index is 3470. The summed E-state index contributed by atoms with van der Waals surface area (Å²) in [6, 6.07) is 45.6. The molecule has 0 saturated carbocycles. The Hall–Kier alpha value is -6.79. The third-order valence-electron chi connectivity index (χ3n) is 14.6. The van der Waals surface area contributed by atoms with E-state index in [1.807, 2.05) is 18.3 Å². The quantitative estimate of drug-likeness (QED) is 0.143. The topological polar surface area (TPSA) is 57.2 Å². The van der Waals surface area contributed by atoms with Crippen molar-refractivity contribution in [2.24, 2.45) is 0 Å². The van der Waals surface area contributed by atoms with E-state index >= 15 is 0 Å². The number of nitrogens with zero attached hydrogens (tertiary/aromatic N) is 5. The van der Waals surface area contributed by atoms with Crippen molar-refractivity contribution in [1.82, 2.24) is 23.9 Å². The molecule has 0 atom stereocenters. The van der Waals surface area contributed by atoms with Gasteiger partial charge in [-0.3, -0.25) is 8.97 Å². The van der Waals surface area contributed by atoms with Crippen molar-refractivity contribution in [3.8, 4) is 39.8 Å². The number of aromatic nitrogens is 5. The molecule has 0 aliphatic carbocycles. The number of fused-ring (bicyclic) bond motifs is 6. The van der Waals surface area contributed by atoms with Gasteiger partial charge in [-0.15, -0.1) is 0 Å². The molecule has 6 nitrogen and oxygen atoms in total. The Morgan fingerprint density at radius 3 is 1.92 bits per heavy atom. The van der Waals surface area contributed by atoms with Gasteiger partial charge in [0, 0.05) is 55.8 Å². The summed E-state index contributed by atoms with van der Waals surface area (Å²) in [6.45, 7) is 23.3. The summed E-state index contributed by atoms with van der Waals surface area (Å²) in [5.74, 6) is 3.41. The summed E-state index contributed by atoms with van der Waals surface area (Å²) >= 11 is 0. The van der Waals surface area contributed by atoms with Crippen molar-refractivity contribution in [2.45, 2.75) is 97.8 Å². The van der Waals surface area contributed by atoms with Crippen LogP contribution in [0.4, 0.5) is 0 Å². The molecule has 6 heteroatoms. The van der Waals surface area contributed by atoms with Gasteiger partial charge in [0.15, 0.2) is 0 Å². The Kier molecular flexibility index (Phi) is 8.98. The number of rotatable bonds is 8. The van der Waals surface area contributed by atoms with Crippen LogP contribution in [0.25, 0.3) is 77.6 Å². The van der Waals surface area contributed by atoms with Crippen LogP contribution in [0.3, 0.4) is 0 Å². The van der Waals surface area contributed by atoms with E-state index < -0.39 is 0 Å². The number of hydrogen-bond acceptors (Lipinski definition) is 4. The highest BCUT2D eigenvalue weighted by molar-refractivity contribution is 6.14. The first-order chi connectivity index (χ1) is 30.7. The highest BCUT2D eigenvalue weighted by Crippen LogP contribution is 2.54. The predicted molar refractivity (Wildman–Crippen MR) is 266 cm³/mol. The van der Waals surface area contributed by atoms with Crippen LogP contribution in [0, 0.1) is 0 Å². The first-order valence-corrected chi connectivity index (χ1v) is 22.9. The molecule has 0 amide bonds. The molecule has 0 saturated heterocycles. The Labute approximate surface area is 375 Å². The van der Waals surface area contributed by atoms with Crippen LogP contribution in [0.2, 0.25) is 0 Å². The van der Waals surface area contributed by atoms with Crippen molar-refractivity contribution < 1.29 is 4.74 Å². The molecule has 0 unspecified atom stereocenters. The fourth-order valence-corrected chi connectivity index (χ4v) is 10.5. The molecule has 318 valence electrons. The first-order valence-electron chi connectivity index (χ1n) is 22.9. The van der Waals surface area contributed by atoms with Gasteiger partial charge in [0.25, 0.3) is 0 Å². The van der Waals surface area contributed by atoms with Crippen LogP contribution in [0.1, 0.15) is 115 Å². The number of hydrogen-bond donors (Lipinski definition) is 0. The molecule has 11 rings (SSSR count). The number of imidazole rings is 1. The van der Waals surface area contributed by atoms with E-state index in [-0.39, 0.29) is 10.8 Å². The molecule has 10 aromatic rings. The smallest absolute Gasteiger partial charge is 0.147 e. The molecule has 64 heavy (non-hydrogen) atoms. The SMILES string of the molecule is CC(C)c1cc(C(C)C)c(-c2ccc3c4ccc(Oc5ccc6c(c5)c5nc(-c7ccccc7)c7n5c5c(cccc65)C(C)(C)C7(C)C)cc4n(-c4ccccn4)c3n2)c(C(C)C)c1. The van der Waals surface area contributed by atoms with Gasteiger partial charge in [0.1, 0.15) is 28.6 Å². The van der Waals surface area contributed by atoms with Crippen LogP contribution < -0.4 is 4.74 Å². The second kappa shape index (κ2) is 14.4. The van der Waals surface area contributed by atoms with E-state index in [9.17, 15) is 0 Å². The lowest BCUT2D eigenvalue weighted by atomic mass is 9.60. The summed E-state index contributed by atoms with van der Waals surface area (Å²) in [5, 5.41) is 5.61. The second-order valence-electron chi connectivity index (χ2n) is 19.9. The normalized spacial score (nSPS) is 14.5. The fourth-order valence-electron chi connectivity index (χ4n) is 10.5. The van der Waals surface area contributed by atoms with Crippen molar-refractivity contribution in [3.63, 3.8) is 0 Å². The lowest BCUT2D eigenvalue weighted by Gasteiger charge is -2.46. The van der Waals surface area contributed by atoms with Crippen LogP contribution in [0.15, 0.2) is 134 Å². The van der Waals surface area contributed by atoms with Crippen LogP contribution >= 0.6 is 0 Å². The van der Waals surface area contributed by atoms with E-state index in [1.54, 1.807) is 0 Å². The molecule has 5 aromatic heterocycles. The summed E-state index contributed by atoms with van der Waals surface area (Å²) in [6.07, 6.45) is 1.85. The van der Waals surface area contributed by atoms with E-state index in [0.717, 1.165) is 72.6 Å². The number of para-hydroxylation sites is 1. The van der Waals surface area contributed by atoms with Gasteiger partial charge in [0.2, 0.25) is 0 Å². The zero-order valence-corrected chi connectivity index (χ0v) is 38.6. The molecule has 0 N–H and O–H groups in total. The molecule has 0 radical (unpaired) electrons. The Morgan fingerprint density at radius 2 is 1.23 bits per heavy atom. The van der Waals surface area contributed by atoms with Gasteiger partial charge >= 0.3 is 0 Å². The van der Waals surface area contributed by atoms with Crippen molar-refractivity contribution >= 4 is 49.3 Å². The summed E-state index contributed by atoms with van der Waals surface area (Å²) < 4.78 is 11.5. The van der Waals surface area contributed by atoms with Crippen LogP contribution in [-0.2, 0) is 10.8 Å². The molecule has 1 aliphatic heterocycles. The second-order valence-corrected chi connectivity index (χ2v) is 19.9.